The number of hydrogen-bond acceptors (Lipinski definition) is 3. The predicted octanol–water partition coefficient (Wildman–Crippen LogP) is 14.6. The van der Waals surface area contributed by atoms with E-state index in [2.05, 4.69) is 177 Å². The minimum absolute atomic E-state index is 0.141. The van der Waals surface area contributed by atoms with Crippen molar-refractivity contribution in [3.8, 4) is 34.0 Å². The summed E-state index contributed by atoms with van der Waals surface area (Å²) >= 11 is 0. The van der Waals surface area contributed by atoms with Gasteiger partial charge < -0.3 is 9.40 Å². The summed E-state index contributed by atoms with van der Waals surface area (Å²) in [6.45, 7) is 13.5. The van der Waals surface area contributed by atoms with Gasteiger partial charge in [-0.3, -0.25) is 9.13 Å². The molecule has 0 fully saturated rings. The van der Waals surface area contributed by atoms with Crippen LogP contribution in [0.5, 0.6) is 0 Å². The van der Waals surface area contributed by atoms with E-state index in [4.69, 9.17) is 14.4 Å². The Hall–Kier alpha value is -7.44. The summed E-state index contributed by atoms with van der Waals surface area (Å²) in [4.78, 5) is 14.4. The highest BCUT2D eigenvalue weighted by molar-refractivity contribution is 6.18. The number of aryl methyl sites for hydroxylation is 2. The zero-order valence-electron chi connectivity index (χ0n) is 35.1. The number of aromatic amines is 1. The van der Waals surface area contributed by atoms with E-state index in [0.717, 1.165) is 99.8 Å². The largest absolute Gasteiger partial charge is 0.456 e. The third-order valence-electron chi connectivity index (χ3n) is 13.0. The number of H-pyrrole nitrogens is 1. The van der Waals surface area contributed by atoms with Crippen LogP contribution < -0.4 is 0 Å². The Kier molecular flexibility index (Phi) is 7.44. The molecule has 0 atom stereocenters. The first-order valence-electron chi connectivity index (χ1n) is 21.1. The number of pyridine rings is 1. The van der Waals surface area contributed by atoms with E-state index in [1.54, 1.807) is 0 Å². The van der Waals surface area contributed by atoms with Crippen LogP contribution in [0.1, 0.15) is 43.0 Å². The SMILES string of the molecule is Cc1cc(-n2c(-c3cccc4c3[nH]c3ccccc34)nc3c(-c4ccc5c6cc7c(cc6n(-c6ccccn6)c5c4)oc4ccccc47)cc(C(C)(C)C)cc32)cc(C)c1C. The van der Waals surface area contributed by atoms with Gasteiger partial charge in [0.2, 0.25) is 0 Å². The first-order chi connectivity index (χ1) is 29.6. The molecule has 0 amide bonds. The molecular formula is C55H43N5O. The van der Waals surface area contributed by atoms with Gasteiger partial charge in [0.05, 0.1) is 27.6 Å². The van der Waals surface area contributed by atoms with Crippen LogP contribution in [-0.4, -0.2) is 24.1 Å². The molecule has 0 bridgehead atoms. The van der Waals surface area contributed by atoms with Crippen LogP contribution >= 0.6 is 0 Å². The molecule has 0 aliphatic heterocycles. The maximum Gasteiger partial charge on any atom is 0.147 e. The smallest absolute Gasteiger partial charge is 0.147 e. The predicted molar refractivity (Wildman–Crippen MR) is 254 cm³/mol. The second-order valence-electron chi connectivity index (χ2n) is 17.7. The van der Waals surface area contributed by atoms with E-state index in [1.165, 1.54) is 33.0 Å². The Labute approximate surface area is 352 Å². The van der Waals surface area contributed by atoms with E-state index in [-0.39, 0.29) is 5.41 Å². The number of imidazole rings is 1. The first-order valence-corrected chi connectivity index (χ1v) is 21.1. The number of para-hydroxylation sites is 3. The summed E-state index contributed by atoms with van der Waals surface area (Å²) in [6.07, 6.45) is 1.86. The molecular weight excluding hydrogens is 747 g/mol. The van der Waals surface area contributed by atoms with E-state index in [1.807, 2.05) is 24.4 Å². The molecule has 0 radical (unpaired) electrons. The lowest BCUT2D eigenvalue weighted by Crippen LogP contribution is -2.11. The topological polar surface area (TPSA) is 64.6 Å². The van der Waals surface area contributed by atoms with Gasteiger partial charge in [0, 0.05) is 66.9 Å². The second kappa shape index (κ2) is 12.8. The number of aromatic nitrogens is 5. The lowest BCUT2D eigenvalue weighted by Gasteiger charge is -2.21. The normalized spacial score (nSPS) is 12.4. The molecule has 0 saturated carbocycles. The molecule has 0 unspecified atom stereocenters. The summed E-state index contributed by atoms with van der Waals surface area (Å²) in [5.41, 5.74) is 17.4. The van der Waals surface area contributed by atoms with Crippen molar-refractivity contribution in [2.45, 2.75) is 47.0 Å². The minimum Gasteiger partial charge on any atom is -0.456 e. The fourth-order valence-electron chi connectivity index (χ4n) is 9.61. The van der Waals surface area contributed by atoms with Crippen molar-refractivity contribution in [3.63, 3.8) is 0 Å². The maximum absolute atomic E-state index is 6.44. The average molecular weight is 790 g/mol. The highest BCUT2D eigenvalue weighted by atomic mass is 16.3. The standard InChI is InChI=1S/C55H43N5O/c1-31-24-36(25-32(2)33(31)3)59-48-28-35(55(4,5)6)27-42(53(48)58-54(59)41-17-13-16-40-37-14-7-9-18-45(37)57-52(40)41)34-21-22-38-43-29-44-39-15-8-10-19-49(39)61-50(44)30-47(43)60(46(38)26-34)51-20-11-12-23-56-51/h7-30,57H,1-6H3. The van der Waals surface area contributed by atoms with Gasteiger partial charge in [-0.05, 0) is 121 Å². The van der Waals surface area contributed by atoms with Crippen molar-refractivity contribution < 1.29 is 4.42 Å². The van der Waals surface area contributed by atoms with Crippen molar-refractivity contribution >= 4 is 76.6 Å². The zero-order valence-corrected chi connectivity index (χ0v) is 35.1. The Bertz CT molecular complexity index is 3750. The summed E-state index contributed by atoms with van der Waals surface area (Å²) in [5.74, 6) is 1.76. The van der Waals surface area contributed by atoms with Gasteiger partial charge in [-0.1, -0.05) is 87.5 Å². The fourth-order valence-corrected chi connectivity index (χ4v) is 9.61. The molecule has 7 aromatic carbocycles. The minimum atomic E-state index is -0.141. The number of nitrogens with zero attached hydrogens (tertiary/aromatic N) is 4. The highest BCUT2D eigenvalue weighted by Gasteiger charge is 2.26. The molecule has 5 heterocycles. The van der Waals surface area contributed by atoms with Gasteiger partial charge >= 0.3 is 0 Å². The molecule has 0 saturated heterocycles. The fraction of sp³-hybridized carbons (Fsp3) is 0.127. The molecule has 0 aliphatic rings. The monoisotopic (exact) mass is 789 g/mol. The summed E-state index contributed by atoms with van der Waals surface area (Å²) in [7, 11) is 0. The van der Waals surface area contributed by atoms with E-state index >= 15 is 0 Å². The molecule has 12 rings (SSSR count). The van der Waals surface area contributed by atoms with Crippen LogP contribution in [-0.2, 0) is 5.41 Å². The molecule has 0 aliphatic carbocycles. The Morgan fingerprint density at radius 3 is 2.11 bits per heavy atom. The second-order valence-corrected chi connectivity index (χ2v) is 17.7. The van der Waals surface area contributed by atoms with Crippen molar-refractivity contribution in [2.24, 2.45) is 0 Å². The van der Waals surface area contributed by atoms with Gasteiger partial charge in [0.25, 0.3) is 0 Å². The lowest BCUT2D eigenvalue weighted by atomic mass is 9.84. The van der Waals surface area contributed by atoms with Gasteiger partial charge in [-0.15, -0.1) is 0 Å². The van der Waals surface area contributed by atoms with Crippen molar-refractivity contribution in [1.29, 1.82) is 0 Å². The number of fused-ring (bicyclic) bond motifs is 10. The summed E-state index contributed by atoms with van der Waals surface area (Å²) < 4.78 is 11.1. The zero-order chi connectivity index (χ0) is 41.3. The molecule has 6 heteroatoms. The molecule has 0 spiro atoms. The third kappa shape index (κ3) is 5.28. The first kappa shape index (κ1) is 35.5. The van der Waals surface area contributed by atoms with Crippen LogP contribution in [0, 0.1) is 20.8 Å². The van der Waals surface area contributed by atoms with Crippen LogP contribution in [0.25, 0.3) is 111 Å². The Morgan fingerprint density at radius 1 is 0.557 bits per heavy atom. The van der Waals surface area contributed by atoms with Crippen molar-refractivity contribution in [3.05, 3.63) is 168 Å². The van der Waals surface area contributed by atoms with Crippen molar-refractivity contribution in [2.75, 3.05) is 0 Å². The Balaban J connectivity index is 1.19. The molecule has 61 heavy (non-hydrogen) atoms. The third-order valence-corrected chi connectivity index (χ3v) is 13.0. The van der Waals surface area contributed by atoms with Crippen molar-refractivity contribution in [1.82, 2.24) is 24.1 Å². The molecule has 12 aromatic rings. The molecule has 1 N–H and O–H groups in total. The van der Waals surface area contributed by atoms with Crippen LogP contribution in [0.3, 0.4) is 0 Å². The number of benzene rings is 7. The van der Waals surface area contributed by atoms with Crippen LogP contribution in [0.4, 0.5) is 0 Å². The van der Waals surface area contributed by atoms with Gasteiger partial charge in [-0.2, -0.15) is 0 Å². The number of hydrogen-bond donors (Lipinski definition) is 1. The molecule has 5 aromatic heterocycles. The lowest BCUT2D eigenvalue weighted by molar-refractivity contribution is 0.591. The average Bonchev–Trinajstić information content (AvgIpc) is 4.02. The van der Waals surface area contributed by atoms with E-state index in [9.17, 15) is 0 Å². The summed E-state index contributed by atoms with van der Waals surface area (Å²) in [6, 6.07) is 50.3. The number of rotatable bonds is 4. The number of furan rings is 1. The van der Waals surface area contributed by atoms with E-state index in [0.29, 0.717) is 0 Å². The van der Waals surface area contributed by atoms with Crippen LogP contribution in [0.15, 0.2) is 150 Å². The quantitative estimate of drug-likeness (QED) is 0.193. The maximum atomic E-state index is 6.44. The molecule has 294 valence electrons. The van der Waals surface area contributed by atoms with Gasteiger partial charge in [-0.25, -0.2) is 9.97 Å². The van der Waals surface area contributed by atoms with Crippen LogP contribution in [0.2, 0.25) is 0 Å². The Morgan fingerprint density at radius 2 is 1.31 bits per heavy atom. The summed E-state index contributed by atoms with van der Waals surface area (Å²) in [5, 5.41) is 6.93. The highest BCUT2D eigenvalue weighted by Crippen LogP contribution is 2.44. The molecule has 6 nitrogen and oxygen atoms in total. The van der Waals surface area contributed by atoms with Gasteiger partial charge in [0.1, 0.15) is 22.8 Å². The van der Waals surface area contributed by atoms with Gasteiger partial charge in [0.15, 0.2) is 0 Å². The number of nitrogens with one attached hydrogen (secondary N) is 1. The van der Waals surface area contributed by atoms with E-state index < -0.39 is 0 Å².